The zero-order valence-corrected chi connectivity index (χ0v) is 29.7. The monoisotopic (exact) mass is 659 g/mol. The Morgan fingerprint density at radius 2 is 1.62 bits per heavy atom. The van der Waals surface area contributed by atoms with Crippen LogP contribution in [0.2, 0.25) is 0 Å². The van der Waals surface area contributed by atoms with Crippen LogP contribution in [0.3, 0.4) is 0 Å². The second-order valence-corrected chi connectivity index (χ2v) is 14.9. The number of urea groups is 2. The minimum Gasteiger partial charge on any atom is -0.341 e. The topological polar surface area (TPSA) is 91.5 Å². The minimum absolute atomic E-state index is 0.0216. The van der Waals surface area contributed by atoms with Crippen LogP contribution in [0.1, 0.15) is 69.1 Å². The predicted octanol–water partition coefficient (Wildman–Crippen LogP) is 4.15. The molecule has 10 heteroatoms. The van der Waals surface area contributed by atoms with Gasteiger partial charge in [-0.2, -0.15) is 0 Å². The highest BCUT2D eigenvalue weighted by Gasteiger charge is 2.35. The highest BCUT2D eigenvalue weighted by atomic mass is 16.2. The van der Waals surface area contributed by atoms with Crippen LogP contribution in [-0.4, -0.2) is 127 Å². The van der Waals surface area contributed by atoms with E-state index in [0.717, 1.165) is 95.5 Å². The van der Waals surface area contributed by atoms with Crippen molar-refractivity contribution in [2.24, 2.45) is 5.92 Å². The van der Waals surface area contributed by atoms with Crippen LogP contribution in [0.5, 0.6) is 0 Å². The first kappa shape index (κ1) is 34.5. The number of piperazine rings is 1. The number of allylic oxidation sites excluding steroid dienone is 2. The Kier molecular flexibility index (Phi) is 11.1. The van der Waals surface area contributed by atoms with E-state index < -0.39 is 6.04 Å². The molecular weight excluding hydrogens is 602 g/mol. The van der Waals surface area contributed by atoms with Gasteiger partial charge in [-0.15, -0.1) is 0 Å². The van der Waals surface area contributed by atoms with E-state index in [0.29, 0.717) is 38.0 Å². The molecular formula is C38H57N7O3. The molecule has 0 bridgehead atoms. The molecule has 48 heavy (non-hydrogen) atoms. The van der Waals surface area contributed by atoms with Gasteiger partial charge in [0.25, 0.3) is 0 Å². The van der Waals surface area contributed by atoms with Gasteiger partial charge in [0.05, 0.1) is 0 Å². The van der Waals surface area contributed by atoms with Crippen LogP contribution in [0.15, 0.2) is 41.6 Å². The number of benzene rings is 1. The first-order chi connectivity index (χ1) is 23.2. The zero-order valence-electron chi connectivity index (χ0n) is 29.7. The number of rotatable bonds is 7. The van der Waals surface area contributed by atoms with Gasteiger partial charge < -0.3 is 30.2 Å². The first-order valence-corrected chi connectivity index (χ1v) is 18.5. The van der Waals surface area contributed by atoms with Crippen molar-refractivity contribution in [3.05, 3.63) is 58.3 Å². The standard InChI is InChI=1S/C38H57N7O3/c1-5-30-8-7-29(25-28(30)3)26-35(36(46)43-15-11-32(12-16-43)42-22-20-41(4)21-23-42)40-37(47)44-17-13-33(14-18-44)45-19-10-31-24-27(2)6-9-34(31)39-38(45)48/h6-9,25,27,32-33,35H,5,10-24,26H2,1-4H3,(H,39,48)(H,40,47)/t27?,35-/m1/s1. The van der Waals surface area contributed by atoms with E-state index in [1.807, 2.05) is 14.7 Å². The van der Waals surface area contributed by atoms with Gasteiger partial charge >= 0.3 is 12.1 Å². The molecule has 262 valence electrons. The molecule has 1 unspecified atom stereocenters. The summed E-state index contributed by atoms with van der Waals surface area (Å²) in [5, 5.41) is 6.33. The van der Waals surface area contributed by atoms with E-state index >= 15 is 0 Å². The number of carbonyl (C=O) groups is 3. The molecule has 0 aromatic heterocycles. The summed E-state index contributed by atoms with van der Waals surface area (Å²) in [7, 11) is 2.18. The van der Waals surface area contributed by atoms with Crippen molar-refractivity contribution in [2.45, 2.75) is 90.3 Å². The second-order valence-electron chi connectivity index (χ2n) is 14.9. The Balaban J connectivity index is 1.06. The van der Waals surface area contributed by atoms with E-state index in [1.54, 1.807) is 0 Å². The lowest BCUT2D eigenvalue weighted by molar-refractivity contribution is -0.135. The van der Waals surface area contributed by atoms with Crippen molar-refractivity contribution in [1.82, 2.24) is 35.1 Å². The third-order valence-corrected chi connectivity index (χ3v) is 11.5. The summed E-state index contributed by atoms with van der Waals surface area (Å²) >= 11 is 0. The van der Waals surface area contributed by atoms with Gasteiger partial charge in [0.15, 0.2) is 0 Å². The third-order valence-electron chi connectivity index (χ3n) is 11.5. The summed E-state index contributed by atoms with van der Waals surface area (Å²) < 4.78 is 0. The van der Waals surface area contributed by atoms with Gasteiger partial charge in [0.1, 0.15) is 6.04 Å². The number of hydrogen-bond acceptors (Lipinski definition) is 5. The molecule has 1 aromatic carbocycles. The van der Waals surface area contributed by atoms with Crippen molar-refractivity contribution >= 4 is 18.0 Å². The number of likely N-dealkylation sites (tertiary alicyclic amines) is 2. The van der Waals surface area contributed by atoms with Crippen LogP contribution in [-0.2, 0) is 17.6 Å². The number of hydrogen-bond donors (Lipinski definition) is 2. The Morgan fingerprint density at radius 1 is 0.938 bits per heavy atom. The number of carbonyl (C=O) groups excluding carboxylic acids is 3. The fourth-order valence-electron chi connectivity index (χ4n) is 8.40. The molecule has 0 saturated carbocycles. The number of nitrogens with one attached hydrogen (secondary N) is 2. The van der Waals surface area contributed by atoms with Gasteiger partial charge in [-0.25, -0.2) is 9.59 Å². The van der Waals surface area contributed by atoms with Crippen molar-refractivity contribution in [2.75, 3.05) is 66.0 Å². The number of nitrogens with zero attached hydrogens (tertiary/aromatic N) is 5. The molecule has 3 saturated heterocycles. The van der Waals surface area contributed by atoms with E-state index in [4.69, 9.17) is 0 Å². The minimum atomic E-state index is -0.619. The zero-order chi connectivity index (χ0) is 33.8. The summed E-state index contributed by atoms with van der Waals surface area (Å²) in [5.41, 5.74) is 5.90. The second kappa shape index (κ2) is 15.5. The number of piperidine rings is 2. The molecule has 3 fully saturated rings. The maximum Gasteiger partial charge on any atom is 0.322 e. The SMILES string of the molecule is CCc1ccc(C[C@@H](NC(=O)N2CCC(N3CCC4=C(C=CC(C)C4)NC3=O)CC2)C(=O)N2CCC(N3CCN(C)CC3)CC2)cc1C. The number of aryl methyl sites for hydroxylation is 2. The molecule has 2 atom stereocenters. The highest BCUT2D eigenvalue weighted by molar-refractivity contribution is 5.87. The molecule has 2 N–H and O–H groups in total. The highest BCUT2D eigenvalue weighted by Crippen LogP contribution is 2.29. The maximum absolute atomic E-state index is 14.1. The summed E-state index contributed by atoms with van der Waals surface area (Å²) in [6, 6.07) is 6.22. The molecule has 1 aromatic rings. The number of amides is 5. The number of likely N-dealkylation sites (N-methyl/N-ethyl adjacent to an activating group) is 1. The molecule has 4 heterocycles. The van der Waals surface area contributed by atoms with E-state index in [1.165, 1.54) is 16.7 Å². The van der Waals surface area contributed by atoms with Crippen LogP contribution in [0.4, 0.5) is 9.59 Å². The van der Waals surface area contributed by atoms with Gasteiger partial charge in [0.2, 0.25) is 5.91 Å². The quantitative estimate of drug-likeness (QED) is 0.459. The van der Waals surface area contributed by atoms with E-state index in [9.17, 15) is 14.4 Å². The lowest BCUT2D eigenvalue weighted by atomic mass is 9.92. The average molecular weight is 660 g/mol. The molecule has 10 nitrogen and oxygen atoms in total. The van der Waals surface area contributed by atoms with Crippen LogP contribution in [0, 0.1) is 12.8 Å². The first-order valence-electron chi connectivity index (χ1n) is 18.5. The third kappa shape index (κ3) is 8.08. The van der Waals surface area contributed by atoms with Crippen LogP contribution >= 0.6 is 0 Å². The van der Waals surface area contributed by atoms with Crippen molar-refractivity contribution in [3.63, 3.8) is 0 Å². The molecule has 5 amide bonds. The largest absolute Gasteiger partial charge is 0.341 e. The molecule has 0 radical (unpaired) electrons. The summed E-state index contributed by atoms with van der Waals surface area (Å²) in [6.45, 7) is 14.2. The average Bonchev–Trinajstić information content (AvgIpc) is 3.26. The Bertz CT molecular complexity index is 1380. The molecule has 6 rings (SSSR count). The smallest absolute Gasteiger partial charge is 0.322 e. The summed E-state index contributed by atoms with van der Waals surface area (Å²) in [5.74, 6) is 0.520. The fraction of sp³-hybridized carbons (Fsp3) is 0.658. The normalized spacial score (nSPS) is 24.3. The molecule has 4 aliphatic heterocycles. The van der Waals surface area contributed by atoms with E-state index in [-0.39, 0.29) is 24.0 Å². The summed E-state index contributed by atoms with van der Waals surface area (Å²) in [4.78, 5) is 51.9. The Morgan fingerprint density at radius 3 is 2.31 bits per heavy atom. The van der Waals surface area contributed by atoms with Crippen molar-refractivity contribution < 1.29 is 14.4 Å². The molecule has 1 aliphatic carbocycles. The maximum atomic E-state index is 14.1. The van der Waals surface area contributed by atoms with Gasteiger partial charge in [-0.3, -0.25) is 9.69 Å². The van der Waals surface area contributed by atoms with Crippen LogP contribution in [0.25, 0.3) is 0 Å². The Labute approximate surface area is 287 Å². The lowest BCUT2D eigenvalue weighted by Gasteiger charge is -2.42. The van der Waals surface area contributed by atoms with Crippen molar-refractivity contribution in [1.29, 1.82) is 0 Å². The van der Waals surface area contributed by atoms with Gasteiger partial charge in [-0.1, -0.05) is 38.1 Å². The predicted molar refractivity (Wildman–Crippen MR) is 190 cm³/mol. The van der Waals surface area contributed by atoms with Gasteiger partial charge in [0, 0.05) is 83.1 Å². The van der Waals surface area contributed by atoms with Crippen molar-refractivity contribution in [3.8, 4) is 0 Å². The fourth-order valence-corrected chi connectivity index (χ4v) is 8.40. The lowest BCUT2D eigenvalue weighted by Crippen LogP contribution is -2.58. The molecule has 0 spiro atoms. The molecule has 5 aliphatic rings. The Hall–Kier alpha value is -3.37. The van der Waals surface area contributed by atoms with E-state index in [2.05, 4.69) is 78.6 Å². The van der Waals surface area contributed by atoms with Gasteiger partial charge in [-0.05, 0) is 93.2 Å². The summed E-state index contributed by atoms with van der Waals surface area (Å²) in [6.07, 6.45) is 11.0. The van der Waals surface area contributed by atoms with Crippen LogP contribution < -0.4 is 10.6 Å².